The lowest BCUT2D eigenvalue weighted by molar-refractivity contribution is -0.132. The zero-order chi connectivity index (χ0) is 33.4. The molecule has 0 saturated heterocycles. The van der Waals surface area contributed by atoms with E-state index in [0.29, 0.717) is 44.1 Å². The maximum atomic E-state index is 13.9. The third kappa shape index (κ3) is 12.1. The fourth-order valence-corrected chi connectivity index (χ4v) is 5.34. The summed E-state index contributed by atoms with van der Waals surface area (Å²) in [4.78, 5) is 29.5. The highest BCUT2D eigenvalue weighted by atomic mass is 16.5. The molecule has 1 aliphatic rings. The van der Waals surface area contributed by atoms with Gasteiger partial charge in [-0.15, -0.1) is 0 Å². The first-order valence-corrected chi connectivity index (χ1v) is 16.2. The van der Waals surface area contributed by atoms with E-state index in [0.717, 1.165) is 16.7 Å². The molecule has 0 fully saturated rings. The fourth-order valence-electron chi connectivity index (χ4n) is 5.34. The third-order valence-corrected chi connectivity index (χ3v) is 7.84. The number of ether oxygens (including phenoxy) is 1. The summed E-state index contributed by atoms with van der Waals surface area (Å²) in [5, 5.41) is 16.0. The summed E-state index contributed by atoms with van der Waals surface area (Å²) in [6.07, 6.45) is 6.69. The van der Waals surface area contributed by atoms with Crippen LogP contribution in [0, 0.1) is 5.92 Å². The molecular weight excluding hydrogens is 562 g/mol. The second-order valence-electron chi connectivity index (χ2n) is 14.9. The van der Waals surface area contributed by atoms with E-state index in [4.69, 9.17) is 4.74 Å². The van der Waals surface area contributed by atoms with Gasteiger partial charge in [-0.25, -0.2) is 0 Å². The van der Waals surface area contributed by atoms with Crippen LogP contribution in [0.25, 0.3) is 0 Å². The standard InChI is InChI=1S/C38H55N3O4/c1-26(2)21-34(41(9)24-28-13-17-30(18-14-28)37(3,4)5)36(44)39-33(35(43)40-38(6,7)8)23-27-15-19-32(20-16-27)45-25-29-11-10-12-31(42)22-29/h10-20,26,31,33-34,42H,21-25H2,1-9H3,(H,39,44)(H,40,43)/t31-,33-,34-/m0/s1. The molecule has 7 nitrogen and oxygen atoms in total. The van der Waals surface area contributed by atoms with E-state index in [9.17, 15) is 14.7 Å². The second-order valence-corrected chi connectivity index (χ2v) is 14.9. The molecule has 0 heterocycles. The van der Waals surface area contributed by atoms with Crippen LogP contribution < -0.4 is 15.4 Å². The molecule has 3 N–H and O–H groups in total. The Labute approximate surface area is 271 Å². The molecule has 0 unspecified atom stereocenters. The van der Waals surface area contributed by atoms with Crippen LogP contribution >= 0.6 is 0 Å². The minimum atomic E-state index is -0.738. The van der Waals surface area contributed by atoms with Gasteiger partial charge in [0.15, 0.2) is 0 Å². The lowest BCUT2D eigenvalue weighted by Gasteiger charge is -2.31. The molecule has 1 aliphatic carbocycles. The molecule has 7 heteroatoms. The summed E-state index contributed by atoms with van der Waals surface area (Å²) in [5.41, 5.74) is 4.00. The van der Waals surface area contributed by atoms with E-state index in [1.54, 1.807) is 6.08 Å². The molecule has 45 heavy (non-hydrogen) atoms. The van der Waals surface area contributed by atoms with Gasteiger partial charge in [0, 0.05) is 24.9 Å². The van der Waals surface area contributed by atoms with Crippen molar-refractivity contribution in [1.29, 1.82) is 0 Å². The number of rotatable bonds is 13. The number of nitrogens with zero attached hydrogens (tertiary/aromatic N) is 1. The third-order valence-electron chi connectivity index (χ3n) is 7.84. The second kappa shape index (κ2) is 15.7. The Morgan fingerprint density at radius 1 is 0.956 bits per heavy atom. The molecule has 0 spiro atoms. The van der Waals surface area contributed by atoms with Gasteiger partial charge in [0.2, 0.25) is 11.8 Å². The van der Waals surface area contributed by atoms with Crippen molar-refractivity contribution in [2.45, 2.75) is 110 Å². The number of amides is 2. The first-order valence-electron chi connectivity index (χ1n) is 16.2. The number of nitrogens with one attached hydrogen (secondary N) is 2. The molecule has 246 valence electrons. The highest BCUT2D eigenvalue weighted by Crippen LogP contribution is 2.23. The van der Waals surface area contributed by atoms with Gasteiger partial charge >= 0.3 is 0 Å². The SMILES string of the molecule is CC(C)C[C@@H](C(=O)N[C@@H](Cc1ccc(OCC2=CC=C[C@H](O)C2)cc1)C(=O)NC(C)(C)C)N(C)Cc1ccc(C(C)(C)C)cc1. The quantitative estimate of drug-likeness (QED) is 0.253. The van der Waals surface area contributed by atoms with Gasteiger partial charge in [-0.3, -0.25) is 14.5 Å². The van der Waals surface area contributed by atoms with Crippen molar-refractivity contribution in [1.82, 2.24) is 15.5 Å². The van der Waals surface area contributed by atoms with Gasteiger partial charge < -0.3 is 20.5 Å². The first kappa shape index (κ1) is 36.1. The minimum Gasteiger partial charge on any atom is -0.489 e. The fraction of sp³-hybridized carbons (Fsp3) is 0.526. The van der Waals surface area contributed by atoms with Crippen molar-refractivity contribution in [3.05, 3.63) is 89.0 Å². The molecule has 3 rings (SSSR count). The Balaban J connectivity index is 1.73. The number of likely N-dealkylation sites (N-methyl/N-ethyl adjacent to an activating group) is 1. The van der Waals surface area contributed by atoms with E-state index in [-0.39, 0.29) is 17.2 Å². The summed E-state index contributed by atoms with van der Waals surface area (Å²) < 4.78 is 5.93. The molecule has 0 aromatic heterocycles. The number of carbonyl (C=O) groups is 2. The Kier molecular flexibility index (Phi) is 12.6. The van der Waals surface area contributed by atoms with Crippen molar-refractivity contribution in [2.75, 3.05) is 13.7 Å². The van der Waals surface area contributed by atoms with E-state index in [1.807, 2.05) is 64.2 Å². The van der Waals surface area contributed by atoms with Crippen LogP contribution in [-0.4, -0.2) is 59.2 Å². The average molecular weight is 618 g/mol. The summed E-state index contributed by atoms with van der Waals surface area (Å²) in [6, 6.07) is 15.1. The molecule has 2 amide bonds. The molecule has 3 atom stereocenters. The van der Waals surface area contributed by atoms with E-state index < -0.39 is 23.7 Å². The van der Waals surface area contributed by atoms with Gasteiger partial charge in [0.05, 0.1) is 12.1 Å². The Hall–Kier alpha value is -3.42. The predicted molar refractivity (Wildman–Crippen MR) is 183 cm³/mol. The number of benzene rings is 2. The van der Waals surface area contributed by atoms with Gasteiger partial charge in [0.25, 0.3) is 0 Å². The van der Waals surface area contributed by atoms with Crippen molar-refractivity contribution < 1.29 is 19.4 Å². The summed E-state index contributed by atoms with van der Waals surface area (Å²) in [7, 11) is 1.98. The van der Waals surface area contributed by atoms with E-state index in [2.05, 4.69) is 74.4 Å². The molecule has 0 aliphatic heterocycles. The summed E-state index contributed by atoms with van der Waals surface area (Å²) in [5.74, 6) is 0.640. The van der Waals surface area contributed by atoms with Gasteiger partial charge in [-0.1, -0.05) is 89.2 Å². The predicted octanol–water partition coefficient (Wildman–Crippen LogP) is 6.10. The maximum Gasteiger partial charge on any atom is 0.243 e. The van der Waals surface area contributed by atoms with Gasteiger partial charge in [-0.2, -0.15) is 0 Å². The number of hydrogen-bond donors (Lipinski definition) is 3. The number of hydrogen-bond acceptors (Lipinski definition) is 5. The monoisotopic (exact) mass is 617 g/mol. The normalized spacial score (nSPS) is 16.7. The molecule has 2 aromatic carbocycles. The van der Waals surface area contributed by atoms with Crippen molar-refractivity contribution in [2.24, 2.45) is 5.92 Å². The van der Waals surface area contributed by atoms with Crippen LogP contribution in [0.3, 0.4) is 0 Å². The van der Waals surface area contributed by atoms with E-state index in [1.165, 1.54) is 5.56 Å². The van der Waals surface area contributed by atoms with Crippen molar-refractivity contribution in [3.63, 3.8) is 0 Å². The lowest BCUT2D eigenvalue weighted by atomic mass is 9.86. The number of aliphatic hydroxyl groups is 1. The largest absolute Gasteiger partial charge is 0.489 e. The molecule has 0 saturated carbocycles. The van der Waals surface area contributed by atoms with Crippen LogP contribution in [0.2, 0.25) is 0 Å². The molecular formula is C38H55N3O4. The summed E-state index contributed by atoms with van der Waals surface area (Å²) in [6.45, 7) is 17.7. The maximum absolute atomic E-state index is 13.9. The number of allylic oxidation sites excluding steroid dienone is 2. The Morgan fingerprint density at radius 3 is 2.13 bits per heavy atom. The van der Waals surface area contributed by atoms with Crippen LogP contribution in [0.1, 0.15) is 84.9 Å². The average Bonchev–Trinajstić information content (AvgIpc) is 2.94. The van der Waals surface area contributed by atoms with Gasteiger partial charge in [-0.05, 0) is 80.0 Å². The van der Waals surface area contributed by atoms with Crippen molar-refractivity contribution in [3.8, 4) is 5.75 Å². The van der Waals surface area contributed by atoms with Crippen molar-refractivity contribution >= 4 is 11.8 Å². The molecule has 0 bridgehead atoms. The first-order chi connectivity index (χ1) is 21.0. The van der Waals surface area contributed by atoms with Gasteiger partial charge in [0.1, 0.15) is 18.4 Å². The van der Waals surface area contributed by atoms with Crippen LogP contribution in [0.15, 0.2) is 72.3 Å². The Morgan fingerprint density at radius 2 is 1.58 bits per heavy atom. The summed E-state index contributed by atoms with van der Waals surface area (Å²) >= 11 is 0. The topological polar surface area (TPSA) is 90.9 Å². The molecule has 0 radical (unpaired) electrons. The minimum absolute atomic E-state index is 0.0789. The smallest absolute Gasteiger partial charge is 0.243 e. The molecule has 2 aromatic rings. The van der Waals surface area contributed by atoms with Crippen LogP contribution in [0.4, 0.5) is 0 Å². The van der Waals surface area contributed by atoms with E-state index >= 15 is 0 Å². The zero-order valence-corrected chi connectivity index (χ0v) is 28.8. The van der Waals surface area contributed by atoms with Crippen LogP contribution in [-0.2, 0) is 28.0 Å². The Bertz CT molecular complexity index is 1310. The zero-order valence-electron chi connectivity index (χ0n) is 28.8. The van der Waals surface area contributed by atoms with Crippen LogP contribution in [0.5, 0.6) is 5.75 Å². The highest BCUT2D eigenvalue weighted by molar-refractivity contribution is 5.90. The number of carbonyl (C=O) groups excluding carboxylic acids is 2. The number of aliphatic hydroxyl groups excluding tert-OH is 1. The lowest BCUT2D eigenvalue weighted by Crippen LogP contribution is -2.56. The highest BCUT2D eigenvalue weighted by Gasteiger charge is 2.30.